The van der Waals surface area contributed by atoms with Gasteiger partial charge in [0, 0.05) is 41.0 Å². The Morgan fingerprint density at radius 1 is 0.800 bits per heavy atom. The molecule has 4 nitrogen and oxygen atoms in total. The number of amides is 2. The summed E-state index contributed by atoms with van der Waals surface area (Å²) < 4.78 is 0. The second kappa shape index (κ2) is 10.9. The third kappa shape index (κ3) is 9.95. The zero-order valence-electron chi connectivity index (χ0n) is 12.8. The lowest BCUT2D eigenvalue weighted by Crippen LogP contribution is -2.20. The van der Waals surface area contributed by atoms with Crippen molar-refractivity contribution in [1.29, 1.82) is 0 Å². The summed E-state index contributed by atoms with van der Waals surface area (Å²) in [6.07, 6.45) is 9.69. The zero-order valence-corrected chi connectivity index (χ0v) is 12.8. The molecule has 110 valence electrons. The summed E-state index contributed by atoms with van der Waals surface area (Å²) in [5.41, 5.74) is 0. The van der Waals surface area contributed by atoms with Gasteiger partial charge in [0.25, 0.3) is 0 Å². The van der Waals surface area contributed by atoms with Crippen molar-refractivity contribution in [2.75, 3.05) is 28.2 Å². The summed E-state index contributed by atoms with van der Waals surface area (Å²) in [7, 11) is 6.99. The Hall–Kier alpha value is -2.02. The van der Waals surface area contributed by atoms with E-state index >= 15 is 0 Å². The molecular formula is C16H24N2O2. The smallest absolute Gasteiger partial charge is 0.222 e. The van der Waals surface area contributed by atoms with E-state index in [1.54, 1.807) is 50.1 Å². The molecule has 0 radical (unpaired) electrons. The Labute approximate surface area is 122 Å². The highest BCUT2D eigenvalue weighted by molar-refractivity contribution is 5.76. The maximum absolute atomic E-state index is 11.3. The molecule has 0 heterocycles. The van der Waals surface area contributed by atoms with Crippen molar-refractivity contribution in [3.8, 4) is 11.8 Å². The summed E-state index contributed by atoms with van der Waals surface area (Å²) in [6.45, 7) is 0. The quantitative estimate of drug-likeness (QED) is 0.695. The molecule has 0 atom stereocenters. The van der Waals surface area contributed by atoms with Crippen molar-refractivity contribution >= 4 is 11.8 Å². The van der Waals surface area contributed by atoms with Crippen molar-refractivity contribution in [3.63, 3.8) is 0 Å². The van der Waals surface area contributed by atoms with Crippen LogP contribution < -0.4 is 0 Å². The summed E-state index contributed by atoms with van der Waals surface area (Å²) in [6, 6.07) is 0. The maximum Gasteiger partial charge on any atom is 0.222 e. The molecule has 0 aromatic carbocycles. The first kappa shape index (κ1) is 18.0. The zero-order chi connectivity index (χ0) is 15.4. The van der Waals surface area contributed by atoms with Crippen LogP contribution in [0.15, 0.2) is 24.3 Å². The summed E-state index contributed by atoms with van der Waals surface area (Å²) in [4.78, 5) is 25.7. The van der Waals surface area contributed by atoms with Crippen molar-refractivity contribution in [2.45, 2.75) is 25.7 Å². The molecule has 0 aliphatic heterocycles. The second-order valence-corrected chi connectivity index (χ2v) is 4.75. The topological polar surface area (TPSA) is 40.6 Å². The molecule has 0 N–H and O–H groups in total. The number of nitrogens with zero attached hydrogens (tertiary/aromatic N) is 2. The molecule has 0 aliphatic rings. The highest BCUT2D eigenvalue weighted by Crippen LogP contribution is 1.95. The van der Waals surface area contributed by atoms with E-state index in [4.69, 9.17) is 0 Å². The Balaban J connectivity index is 3.77. The average molecular weight is 276 g/mol. The summed E-state index contributed by atoms with van der Waals surface area (Å²) >= 11 is 0. The maximum atomic E-state index is 11.3. The van der Waals surface area contributed by atoms with E-state index < -0.39 is 0 Å². The van der Waals surface area contributed by atoms with Gasteiger partial charge in [0.1, 0.15) is 0 Å². The van der Waals surface area contributed by atoms with E-state index in [2.05, 4.69) is 11.8 Å². The number of carbonyl (C=O) groups is 2. The molecule has 0 saturated heterocycles. The molecule has 2 amide bonds. The van der Waals surface area contributed by atoms with E-state index in [0.29, 0.717) is 25.7 Å². The minimum Gasteiger partial charge on any atom is -0.349 e. The van der Waals surface area contributed by atoms with Crippen LogP contribution in [-0.2, 0) is 9.59 Å². The van der Waals surface area contributed by atoms with Gasteiger partial charge in [0.05, 0.1) is 0 Å². The number of allylic oxidation sites excluding steroid dienone is 4. The highest BCUT2D eigenvalue weighted by atomic mass is 16.2. The van der Waals surface area contributed by atoms with Gasteiger partial charge in [-0.3, -0.25) is 9.59 Å². The Morgan fingerprint density at radius 2 is 1.15 bits per heavy atom. The van der Waals surface area contributed by atoms with Crippen LogP contribution in [0.3, 0.4) is 0 Å². The molecule has 0 bridgehead atoms. The van der Waals surface area contributed by atoms with E-state index in [-0.39, 0.29) is 11.8 Å². The van der Waals surface area contributed by atoms with Gasteiger partial charge in [0.15, 0.2) is 0 Å². The number of hydrogen-bond donors (Lipinski definition) is 0. The minimum atomic E-state index is 0.119. The van der Waals surface area contributed by atoms with Crippen molar-refractivity contribution < 1.29 is 9.59 Å². The number of hydrogen-bond acceptors (Lipinski definition) is 2. The van der Waals surface area contributed by atoms with Gasteiger partial charge < -0.3 is 9.80 Å². The first-order valence-corrected chi connectivity index (χ1v) is 6.66. The predicted molar refractivity (Wildman–Crippen MR) is 81.9 cm³/mol. The Kier molecular flexibility index (Phi) is 9.76. The first-order chi connectivity index (χ1) is 9.45. The Morgan fingerprint density at radius 3 is 1.45 bits per heavy atom. The van der Waals surface area contributed by atoms with Gasteiger partial charge in [-0.25, -0.2) is 0 Å². The monoisotopic (exact) mass is 276 g/mol. The molecule has 0 aliphatic carbocycles. The van der Waals surface area contributed by atoms with Gasteiger partial charge in [-0.15, -0.1) is 0 Å². The van der Waals surface area contributed by atoms with Crippen molar-refractivity contribution in [1.82, 2.24) is 9.80 Å². The lowest BCUT2D eigenvalue weighted by atomic mass is 10.2. The number of carbonyl (C=O) groups excluding carboxylic acids is 2. The fourth-order valence-corrected chi connectivity index (χ4v) is 1.24. The van der Waals surface area contributed by atoms with E-state index in [9.17, 15) is 9.59 Å². The molecule has 0 rings (SSSR count). The van der Waals surface area contributed by atoms with Gasteiger partial charge in [-0.1, -0.05) is 24.0 Å². The van der Waals surface area contributed by atoms with Gasteiger partial charge in [-0.2, -0.15) is 0 Å². The molecule has 0 saturated carbocycles. The lowest BCUT2D eigenvalue weighted by Gasteiger charge is -2.07. The Bertz CT molecular complexity index is 385. The van der Waals surface area contributed by atoms with E-state index in [0.717, 1.165) is 0 Å². The highest BCUT2D eigenvalue weighted by Gasteiger charge is 2.00. The molecule has 0 aromatic rings. The molecule has 0 unspecified atom stereocenters. The molecule has 0 spiro atoms. The van der Waals surface area contributed by atoms with Crippen LogP contribution in [0.25, 0.3) is 0 Å². The van der Waals surface area contributed by atoms with Crippen LogP contribution in [0, 0.1) is 11.8 Å². The number of rotatable bonds is 6. The fraction of sp³-hybridized carbons (Fsp3) is 0.500. The van der Waals surface area contributed by atoms with Crippen molar-refractivity contribution in [2.24, 2.45) is 0 Å². The van der Waals surface area contributed by atoms with Crippen molar-refractivity contribution in [3.05, 3.63) is 24.3 Å². The molecule has 4 heteroatoms. The molecular weight excluding hydrogens is 252 g/mol. The average Bonchev–Trinajstić information content (AvgIpc) is 2.39. The largest absolute Gasteiger partial charge is 0.349 e. The van der Waals surface area contributed by atoms with Crippen LogP contribution in [0.5, 0.6) is 0 Å². The fourth-order valence-electron chi connectivity index (χ4n) is 1.24. The normalized spacial score (nSPS) is 10.4. The third-order valence-corrected chi connectivity index (χ3v) is 2.53. The van der Waals surface area contributed by atoms with Crippen LogP contribution in [-0.4, -0.2) is 49.8 Å². The summed E-state index contributed by atoms with van der Waals surface area (Å²) in [5.74, 6) is 5.96. The van der Waals surface area contributed by atoms with E-state index in [1.165, 1.54) is 0 Å². The van der Waals surface area contributed by atoms with E-state index in [1.807, 2.05) is 12.2 Å². The lowest BCUT2D eigenvalue weighted by molar-refractivity contribution is -0.129. The molecule has 0 aromatic heterocycles. The SMILES string of the molecule is CN(C)C(=O)CCC=CC#CC=CCCC(=O)N(C)C. The van der Waals surface area contributed by atoms with Crippen LogP contribution >= 0.6 is 0 Å². The minimum absolute atomic E-state index is 0.119. The van der Waals surface area contributed by atoms with Crippen LogP contribution in [0.1, 0.15) is 25.7 Å². The van der Waals surface area contributed by atoms with Gasteiger partial charge >= 0.3 is 0 Å². The second-order valence-electron chi connectivity index (χ2n) is 4.75. The van der Waals surface area contributed by atoms with Gasteiger partial charge in [0.2, 0.25) is 11.8 Å². The predicted octanol–water partition coefficient (Wildman–Crippen LogP) is 1.84. The third-order valence-electron chi connectivity index (χ3n) is 2.53. The standard InChI is InChI=1S/C16H24N2O2/c1-17(2)15(19)13-11-9-7-5-6-8-10-12-14-16(20)18(3)4/h7-10H,11-14H2,1-4H3. The van der Waals surface area contributed by atoms with Gasteiger partial charge in [-0.05, 0) is 25.0 Å². The molecule has 0 fully saturated rings. The van der Waals surface area contributed by atoms with Crippen LogP contribution in [0.4, 0.5) is 0 Å². The summed E-state index contributed by atoms with van der Waals surface area (Å²) in [5, 5.41) is 0. The molecule has 20 heavy (non-hydrogen) atoms. The van der Waals surface area contributed by atoms with Crippen LogP contribution in [0.2, 0.25) is 0 Å². The first-order valence-electron chi connectivity index (χ1n) is 6.66.